The number of aliphatic carboxylic acids is 1. The molecular weight excluding hydrogens is 220 g/mol. The van der Waals surface area contributed by atoms with Gasteiger partial charge in [-0.05, 0) is 17.7 Å². The van der Waals surface area contributed by atoms with Crippen LogP contribution in [0, 0.1) is 0 Å². The molecular formula is C10H11F2NO3. The van der Waals surface area contributed by atoms with Gasteiger partial charge in [0, 0.05) is 6.42 Å². The summed E-state index contributed by atoms with van der Waals surface area (Å²) < 4.78 is 25.1. The second-order valence-electron chi connectivity index (χ2n) is 3.49. The molecule has 0 aromatic heterocycles. The molecule has 0 radical (unpaired) electrons. The predicted octanol–water partition coefficient (Wildman–Crippen LogP) is 0.982. The Hall–Kier alpha value is -1.69. The Morgan fingerprint density at radius 3 is 2.25 bits per heavy atom. The molecule has 1 atom stereocenters. The summed E-state index contributed by atoms with van der Waals surface area (Å²) in [6.07, 6.45) is -3.67. The first-order valence-electron chi connectivity index (χ1n) is 4.44. The summed E-state index contributed by atoms with van der Waals surface area (Å²) in [6.45, 7) is 0. The van der Waals surface area contributed by atoms with Crippen LogP contribution in [0.15, 0.2) is 24.3 Å². The summed E-state index contributed by atoms with van der Waals surface area (Å²) in [6, 6.07) is 5.26. The van der Waals surface area contributed by atoms with Gasteiger partial charge in [-0.15, -0.1) is 0 Å². The molecule has 0 spiro atoms. The molecule has 0 unspecified atom stereocenters. The Bertz CT molecular complexity index is 380. The second kappa shape index (κ2) is 4.44. The Morgan fingerprint density at radius 2 is 1.88 bits per heavy atom. The van der Waals surface area contributed by atoms with Crippen LogP contribution in [0.4, 0.5) is 8.78 Å². The van der Waals surface area contributed by atoms with Gasteiger partial charge in [0.05, 0.1) is 0 Å². The van der Waals surface area contributed by atoms with Crippen molar-refractivity contribution in [2.45, 2.75) is 18.4 Å². The highest BCUT2D eigenvalue weighted by molar-refractivity contribution is 5.79. The summed E-state index contributed by atoms with van der Waals surface area (Å²) in [7, 11) is 0. The number of phenols is 1. The highest BCUT2D eigenvalue weighted by Crippen LogP contribution is 2.20. The van der Waals surface area contributed by atoms with Crippen LogP contribution in [0.1, 0.15) is 5.56 Å². The molecule has 0 aliphatic rings. The van der Waals surface area contributed by atoms with Gasteiger partial charge >= 0.3 is 5.97 Å². The molecule has 0 bridgehead atoms. The fourth-order valence-electron chi connectivity index (χ4n) is 1.20. The lowest BCUT2D eigenvalue weighted by Crippen LogP contribution is -2.55. The molecule has 88 valence electrons. The van der Waals surface area contributed by atoms with Crippen molar-refractivity contribution in [2.24, 2.45) is 5.73 Å². The zero-order chi connectivity index (χ0) is 12.3. The number of alkyl halides is 2. The van der Waals surface area contributed by atoms with Crippen LogP contribution < -0.4 is 5.73 Å². The Morgan fingerprint density at radius 1 is 1.38 bits per heavy atom. The van der Waals surface area contributed by atoms with Crippen LogP contribution in [-0.2, 0) is 11.2 Å². The number of carbonyl (C=O) groups is 1. The van der Waals surface area contributed by atoms with Gasteiger partial charge in [0.25, 0.3) is 6.43 Å². The topological polar surface area (TPSA) is 83.5 Å². The molecule has 0 fully saturated rings. The smallest absolute Gasteiger partial charge is 0.330 e. The first kappa shape index (κ1) is 12.4. The number of phenolic OH excluding ortho intramolecular Hbond substituents is 1. The van der Waals surface area contributed by atoms with Gasteiger partial charge in [0.2, 0.25) is 0 Å². The minimum absolute atomic E-state index is 0.0289. The maximum atomic E-state index is 12.5. The van der Waals surface area contributed by atoms with Crippen LogP contribution in [-0.4, -0.2) is 28.1 Å². The van der Waals surface area contributed by atoms with Gasteiger partial charge in [-0.25, -0.2) is 13.6 Å². The van der Waals surface area contributed by atoms with E-state index in [9.17, 15) is 13.6 Å². The molecule has 0 saturated heterocycles. The van der Waals surface area contributed by atoms with E-state index in [-0.39, 0.29) is 5.75 Å². The van der Waals surface area contributed by atoms with Crippen molar-refractivity contribution >= 4 is 5.97 Å². The summed E-state index contributed by atoms with van der Waals surface area (Å²) in [5.74, 6) is -1.78. The van der Waals surface area contributed by atoms with Crippen molar-refractivity contribution in [3.05, 3.63) is 29.8 Å². The number of carboxylic acid groups (broad SMARTS) is 1. The third kappa shape index (κ3) is 2.46. The first-order chi connectivity index (χ1) is 7.36. The number of aromatic hydroxyl groups is 1. The van der Waals surface area contributed by atoms with E-state index >= 15 is 0 Å². The predicted molar refractivity (Wildman–Crippen MR) is 52.4 cm³/mol. The molecule has 0 aliphatic heterocycles. The lowest BCUT2D eigenvalue weighted by Gasteiger charge is -2.23. The van der Waals surface area contributed by atoms with Crippen molar-refractivity contribution in [2.75, 3.05) is 0 Å². The standard InChI is InChI=1S/C10H11F2NO3/c11-8(12)10(13,9(15)16)5-6-1-3-7(14)4-2-6/h1-4,8,14H,5,13H2,(H,15,16)/t10-/m1/s1. The molecule has 6 heteroatoms. The van der Waals surface area contributed by atoms with Gasteiger partial charge in [-0.2, -0.15) is 0 Å². The quantitative estimate of drug-likeness (QED) is 0.721. The summed E-state index contributed by atoms with van der Waals surface area (Å²) in [5, 5.41) is 17.6. The SMILES string of the molecule is N[C@@](Cc1ccc(O)cc1)(C(=O)O)C(F)F. The van der Waals surface area contributed by atoms with Crippen molar-refractivity contribution in [1.29, 1.82) is 0 Å². The molecule has 1 aromatic carbocycles. The molecule has 4 nitrogen and oxygen atoms in total. The highest BCUT2D eigenvalue weighted by Gasteiger charge is 2.43. The fourth-order valence-corrected chi connectivity index (χ4v) is 1.20. The van der Waals surface area contributed by atoms with Gasteiger partial charge in [-0.3, -0.25) is 0 Å². The third-order valence-corrected chi connectivity index (χ3v) is 2.22. The van der Waals surface area contributed by atoms with Gasteiger partial charge in [0.15, 0.2) is 5.54 Å². The molecule has 16 heavy (non-hydrogen) atoms. The molecule has 0 amide bonds. The van der Waals surface area contributed by atoms with Crippen molar-refractivity contribution < 1.29 is 23.8 Å². The number of benzene rings is 1. The van der Waals surface area contributed by atoms with Gasteiger partial charge in [-0.1, -0.05) is 12.1 Å². The van der Waals surface area contributed by atoms with E-state index in [4.69, 9.17) is 15.9 Å². The Labute approximate surface area is 90.3 Å². The van der Waals surface area contributed by atoms with Crippen molar-refractivity contribution in [3.63, 3.8) is 0 Å². The maximum Gasteiger partial charge on any atom is 0.330 e. The number of nitrogens with two attached hydrogens (primary N) is 1. The molecule has 1 aromatic rings. The van der Waals surface area contributed by atoms with Gasteiger partial charge in [0.1, 0.15) is 5.75 Å². The Kier molecular flexibility index (Phi) is 3.44. The van der Waals surface area contributed by atoms with E-state index in [1.54, 1.807) is 0 Å². The van der Waals surface area contributed by atoms with E-state index < -0.39 is 24.4 Å². The second-order valence-corrected chi connectivity index (χ2v) is 3.49. The van der Waals surface area contributed by atoms with E-state index in [0.717, 1.165) is 0 Å². The summed E-state index contributed by atoms with van der Waals surface area (Å²) in [4.78, 5) is 10.7. The van der Waals surface area contributed by atoms with Gasteiger partial charge < -0.3 is 15.9 Å². The zero-order valence-electron chi connectivity index (χ0n) is 8.23. The minimum Gasteiger partial charge on any atom is -0.508 e. The fraction of sp³-hybridized carbons (Fsp3) is 0.300. The highest BCUT2D eigenvalue weighted by atomic mass is 19.3. The normalized spacial score (nSPS) is 14.8. The number of hydrogen-bond donors (Lipinski definition) is 3. The molecule has 0 saturated carbocycles. The lowest BCUT2D eigenvalue weighted by atomic mass is 9.92. The van der Waals surface area contributed by atoms with Crippen LogP contribution in [0.25, 0.3) is 0 Å². The van der Waals surface area contributed by atoms with E-state index in [0.29, 0.717) is 5.56 Å². The lowest BCUT2D eigenvalue weighted by molar-refractivity contribution is -0.149. The average molecular weight is 231 g/mol. The molecule has 4 N–H and O–H groups in total. The number of rotatable bonds is 4. The summed E-state index contributed by atoms with van der Waals surface area (Å²) in [5.41, 5.74) is 2.86. The largest absolute Gasteiger partial charge is 0.508 e. The monoisotopic (exact) mass is 231 g/mol. The third-order valence-electron chi connectivity index (χ3n) is 2.22. The minimum atomic E-state index is -3.17. The Balaban J connectivity index is 2.93. The van der Waals surface area contributed by atoms with Crippen LogP contribution in [0.3, 0.4) is 0 Å². The van der Waals surface area contributed by atoms with Crippen LogP contribution >= 0.6 is 0 Å². The zero-order valence-corrected chi connectivity index (χ0v) is 8.23. The maximum absolute atomic E-state index is 12.5. The first-order valence-corrected chi connectivity index (χ1v) is 4.44. The molecule has 1 rings (SSSR count). The van der Waals surface area contributed by atoms with E-state index in [2.05, 4.69) is 0 Å². The van der Waals surface area contributed by atoms with Crippen LogP contribution in [0.5, 0.6) is 5.75 Å². The number of carboxylic acids is 1. The number of halogens is 2. The average Bonchev–Trinajstić information content (AvgIpc) is 2.20. The number of hydrogen-bond acceptors (Lipinski definition) is 3. The van der Waals surface area contributed by atoms with Crippen molar-refractivity contribution in [3.8, 4) is 5.75 Å². The van der Waals surface area contributed by atoms with E-state index in [1.165, 1.54) is 24.3 Å². The van der Waals surface area contributed by atoms with Crippen molar-refractivity contribution in [1.82, 2.24) is 0 Å². The van der Waals surface area contributed by atoms with Crippen LogP contribution in [0.2, 0.25) is 0 Å². The molecule has 0 aliphatic carbocycles. The van der Waals surface area contributed by atoms with E-state index in [1.807, 2.05) is 0 Å². The summed E-state index contributed by atoms with van der Waals surface area (Å²) >= 11 is 0. The molecule has 0 heterocycles.